The monoisotopic (exact) mass is 283 g/mol. The maximum absolute atomic E-state index is 4.45. The molecule has 0 fully saturated rings. The number of nitrogens with zero attached hydrogens (tertiary/aromatic N) is 2. The van der Waals surface area contributed by atoms with Gasteiger partial charge in [0.25, 0.3) is 0 Å². The van der Waals surface area contributed by atoms with Gasteiger partial charge in [0.2, 0.25) is 0 Å². The molecule has 0 amide bonds. The van der Waals surface area contributed by atoms with E-state index in [2.05, 4.69) is 53.1 Å². The SMILES string of the molecule is CCCNC(CCc1nccn1C)C1Cc2ccccc21. The minimum Gasteiger partial charge on any atom is -0.338 e. The molecule has 0 saturated heterocycles. The van der Waals surface area contributed by atoms with E-state index in [0.717, 1.165) is 19.4 Å². The lowest BCUT2D eigenvalue weighted by Crippen LogP contribution is -2.40. The number of aromatic nitrogens is 2. The van der Waals surface area contributed by atoms with Gasteiger partial charge in [-0.25, -0.2) is 4.98 Å². The van der Waals surface area contributed by atoms with Crippen LogP contribution in [0, 0.1) is 0 Å². The molecule has 2 unspecified atom stereocenters. The molecule has 0 radical (unpaired) electrons. The van der Waals surface area contributed by atoms with Gasteiger partial charge in [-0.3, -0.25) is 0 Å². The van der Waals surface area contributed by atoms with Crippen LogP contribution in [0.25, 0.3) is 0 Å². The van der Waals surface area contributed by atoms with Gasteiger partial charge in [0.05, 0.1) is 0 Å². The molecule has 2 aromatic rings. The number of hydrogen-bond donors (Lipinski definition) is 1. The highest BCUT2D eigenvalue weighted by Crippen LogP contribution is 2.38. The van der Waals surface area contributed by atoms with Gasteiger partial charge in [0.15, 0.2) is 0 Å². The second-order valence-corrected chi connectivity index (χ2v) is 6.06. The Morgan fingerprint density at radius 2 is 2.24 bits per heavy atom. The Morgan fingerprint density at radius 3 is 2.95 bits per heavy atom. The lowest BCUT2D eigenvalue weighted by atomic mass is 9.72. The standard InChI is InChI=1S/C18H25N3/c1-3-10-19-17(8-9-18-20-11-12-21(18)2)16-13-14-6-4-5-7-15(14)16/h4-7,11-12,16-17,19H,3,8-10,13H2,1-2H3. The van der Waals surface area contributed by atoms with Crippen LogP contribution < -0.4 is 5.32 Å². The summed E-state index contributed by atoms with van der Waals surface area (Å²) in [5.74, 6) is 1.86. The van der Waals surface area contributed by atoms with Crippen LogP contribution in [0.2, 0.25) is 0 Å². The lowest BCUT2D eigenvalue weighted by molar-refractivity contribution is 0.376. The van der Waals surface area contributed by atoms with Crippen molar-refractivity contribution in [2.45, 2.75) is 44.6 Å². The van der Waals surface area contributed by atoms with Crippen molar-refractivity contribution in [2.24, 2.45) is 7.05 Å². The quantitative estimate of drug-likeness (QED) is 0.846. The van der Waals surface area contributed by atoms with Crippen LogP contribution in [-0.2, 0) is 19.9 Å². The van der Waals surface area contributed by atoms with E-state index in [0.29, 0.717) is 12.0 Å². The Morgan fingerprint density at radius 1 is 1.38 bits per heavy atom. The number of aryl methyl sites for hydroxylation is 2. The zero-order valence-electron chi connectivity index (χ0n) is 13.0. The van der Waals surface area contributed by atoms with E-state index < -0.39 is 0 Å². The van der Waals surface area contributed by atoms with Crippen LogP contribution in [0.5, 0.6) is 0 Å². The second kappa shape index (κ2) is 6.44. The maximum Gasteiger partial charge on any atom is 0.108 e. The highest BCUT2D eigenvalue weighted by atomic mass is 15.0. The summed E-state index contributed by atoms with van der Waals surface area (Å²) in [5, 5.41) is 3.76. The van der Waals surface area contributed by atoms with Gasteiger partial charge in [0, 0.05) is 37.8 Å². The molecule has 1 N–H and O–H groups in total. The molecule has 3 heteroatoms. The van der Waals surface area contributed by atoms with Gasteiger partial charge in [-0.05, 0) is 36.9 Å². The molecular weight excluding hydrogens is 258 g/mol. The van der Waals surface area contributed by atoms with Crippen LogP contribution in [0.1, 0.15) is 42.6 Å². The molecule has 1 aromatic carbocycles. The van der Waals surface area contributed by atoms with Crippen molar-refractivity contribution >= 4 is 0 Å². The zero-order valence-corrected chi connectivity index (χ0v) is 13.0. The van der Waals surface area contributed by atoms with Crippen LogP contribution in [0.15, 0.2) is 36.7 Å². The first-order valence-corrected chi connectivity index (χ1v) is 8.07. The Kier molecular flexibility index (Phi) is 4.39. The zero-order chi connectivity index (χ0) is 14.7. The third-order valence-corrected chi connectivity index (χ3v) is 4.64. The van der Waals surface area contributed by atoms with Gasteiger partial charge >= 0.3 is 0 Å². The predicted molar refractivity (Wildman–Crippen MR) is 86.5 cm³/mol. The van der Waals surface area contributed by atoms with Crippen molar-refractivity contribution in [3.8, 4) is 0 Å². The summed E-state index contributed by atoms with van der Waals surface area (Å²) >= 11 is 0. The summed E-state index contributed by atoms with van der Waals surface area (Å²) in [6, 6.07) is 9.45. The minimum absolute atomic E-state index is 0.566. The molecule has 1 heterocycles. The highest BCUT2D eigenvalue weighted by molar-refractivity contribution is 5.41. The number of nitrogens with one attached hydrogen (secondary N) is 1. The van der Waals surface area contributed by atoms with E-state index in [1.807, 2.05) is 12.4 Å². The van der Waals surface area contributed by atoms with Gasteiger partial charge in [-0.15, -0.1) is 0 Å². The first-order chi connectivity index (χ1) is 10.3. The molecule has 0 bridgehead atoms. The van der Waals surface area contributed by atoms with Gasteiger partial charge < -0.3 is 9.88 Å². The van der Waals surface area contributed by atoms with Gasteiger partial charge in [-0.1, -0.05) is 31.2 Å². The lowest BCUT2D eigenvalue weighted by Gasteiger charge is -2.37. The Hall–Kier alpha value is -1.61. The van der Waals surface area contributed by atoms with Crippen molar-refractivity contribution < 1.29 is 0 Å². The average molecular weight is 283 g/mol. The molecule has 2 atom stereocenters. The van der Waals surface area contributed by atoms with Crippen molar-refractivity contribution in [1.82, 2.24) is 14.9 Å². The summed E-state index contributed by atoms with van der Waals surface area (Å²) in [4.78, 5) is 4.45. The smallest absolute Gasteiger partial charge is 0.108 e. The summed E-state index contributed by atoms with van der Waals surface area (Å²) in [5.41, 5.74) is 3.08. The third kappa shape index (κ3) is 3.03. The van der Waals surface area contributed by atoms with Crippen molar-refractivity contribution in [3.05, 3.63) is 53.6 Å². The largest absolute Gasteiger partial charge is 0.338 e. The molecule has 1 aliphatic rings. The topological polar surface area (TPSA) is 29.9 Å². The van der Waals surface area contributed by atoms with Crippen LogP contribution in [-0.4, -0.2) is 22.1 Å². The Bertz CT molecular complexity index is 588. The molecule has 1 aliphatic carbocycles. The van der Waals surface area contributed by atoms with Crippen LogP contribution in [0.4, 0.5) is 0 Å². The summed E-state index contributed by atoms with van der Waals surface area (Å²) in [7, 11) is 2.08. The highest BCUT2D eigenvalue weighted by Gasteiger charge is 2.32. The number of hydrogen-bond acceptors (Lipinski definition) is 2. The molecular formula is C18H25N3. The molecule has 21 heavy (non-hydrogen) atoms. The summed E-state index contributed by atoms with van der Waals surface area (Å²) in [6.07, 6.45) is 8.53. The van der Waals surface area contributed by atoms with Crippen LogP contribution >= 0.6 is 0 Å². The fourth-order valence-corrected chi connectivity index (χ4v) is 3.35. The molecule has 0 saturated carbocycles. The molecule has 0 spiro atoms. The Balaban J connectivity index is 1.66. The minimum atomic E-state index is 0.566. The summed E-state index contributed by atoms with van der Waals surface area (Å²) in [6.45, 7) is 3.33. The average Bonchev–Trinajstić information content (AvgIpc) is 2.88. The summed E-state index contributed by atoms with van der Waals surface area (Å²) < 4.78 is 2.13. The van der Waals surface area contributed by atoms with Crippen molar-refractivity contribution in [1.29, 1.82) is 0 Å². The van der Waals surface area contributed by atoms with E-state index in [1.54, 1.807) is 5.56 Å². The predicted octanol–water partition coefficient (Wildman–Crippen LogP) is 3.06. The van der Waals surface area contributed by atoms with Gasteiger partial charge in [-0.2, -0.15) is 0 Å². The number of rotatable bonds is 7. The van der Waals surface area contributed by atoms with E-state index in [-0.39, 0.29) is 0 Å². The number of benzene rings is 1. The first-order valence-electron chi connectivity index (χ1n) is 8.07. The number of imidazole rings is 1. The van der Waals surface area contributed by atoms with E-state index in [9.17, 15) is 0 Å². The van der Waals surface area contributed by atoms with Crippen LogP contribution in [0.3, 0.4) is 0 Å². The fraction of sp³-hybridized carbons (Fsp3) is 0.500. The molecule has 1 aromatic heterocycles. The molecule has 112 valence electrons. The first kappa shape index (κ1) is 14.3. The fourth-order valence-electron chi connectivity index (χ4n) is 3.35. The van der Waals surface area contributed by atoms with E-state index in [1.165, 1.54) is 24.2 Å². The maximum atomic E-state index is 4.45. The van der Waals surface area contributed by atoms with Gasteiger partial charge in [0.1, 0.15) is 5.82 Å². The van der Waals surface area contributed by atoms with E-state index in [4.69, 9.17) is 0 Å². The second-order valence-electron chi connectivity index (χ2n) is 6.06. The normalized spacial score (nSPS) is 18.1. The third-order valence-electron chi connectivity index (χ3n) is 4.64. The van der Waals surface area contributed by atoms with Crippen molar-refractivity contribution in [3.63, 3.8) is 0 Å². The molecule has 0 aliphatic heterocycles. The van der Waals surface area contributed by atoms with Crippen molar-refractivity contribution in [2.75, 3.05) is 6.54 Å². The Labute approximate surface area is 127 Å². The number of fused-ring (bicyclic) bond motifs is 1. The van der Waals surface area contributed by atoms with E-state index >= 15 is 0 Å². The molecule has 3 nitrogen and oxygen atoms in total. The molecule has 3 rings (SSSR count).